The van der Waals surface area contributed by atoms with Gasteiger partial charge in [0.15, 0.2) is 15.7 Å². The Kier molecular flexibility index (Phi) is 3.18. The van der Waals surface area contributed by atoms with Crippen LogP contribution in [0, 0.1) is 0 Å². The fourth-order valence-electron chi connectivity index (χ4n) is 1.96. The molecule has 0 saturated carbocycles. The smallest absolute Gasteiger partial charge is 0.206 e. The molecule has 0 atom stereocenters. The Balaban J connectivity index is 2.36. The van der Waals surface area contributed by atoms with Crippen LogP contribution in [0.2, 0.25) is 0 Å². The molecule has 0 bridgehead atoms. The van der Waals surface area contributed by atoms with E-state index in [2.05, 4.69) is 30.6 Å². The van der Waals surface area contributed by atoms with Crippen molar-refractivity contribution >= 4 is 9.84 Å². The first kappa shape index (κ1) is 13.3. The highest BCUT2D eigenvalue weighted by Crippen LogP contribution is 2.33. The first-order chi connectivity index (χ1) is 10.1. The van der Waals surface area contributed by atoms with Gasteiger partial charge in [-0.05, 0) is 17.3 Å². The SMILES string of the molecule is CS(=O)(=O)c1cccc(-c2ncccn2)c1-c1nn[nH]n1. The van der Waals surface area contributed by atoms with Crippen LogP contribution in [-0.4, -0.2) is 45.3 Å². The van der Waals surface area contributed by atoms with Crippen molar-refractivity contribution in [2.45, 2.75) is 4.90 Å². The maximum atomic E-state index is 12.0. The van der Waals surface area contributed by atoms with Gasteiger partial charge in [0.1, 0.15) is 0 Å². The Morgan fingerprint density at radius 3 is 2.43 bits per heavy atom. The van der Waals surface area contributed by atoms with E-state index in [1.54, 1.807) is 30.6 Å². The number of aromatic nitrogens is 6. The van der Waals surface area contributed by atoms with Crippen molar-refractivity contribution in [1.29, 1.82) is 0 Å². The van der Waals surface area contributed by atoms with E-state index in [1.807, 2.05) is 0 Å². The van der Waals surface area contributed by atoms with Gasteiger partial charge in [-0.3, -0.25) is 0 Å². The fourth-order valence-corrected chi connectivity index (χ4v) is 2.86. The highest BCUT2D eigenvalue weighted by atomic mass is 32.2. The number of rotatable bonds is 3. The zero-order valence-corrected chi connectivity index (χ0v) is 11.7. The summed E-state index contributed by atoms with van der Waals surface area (Å²) in [6, 6.07) is 6.52. The quantitative estimate of drug-likeness (QED) is 0.758. The van der Waals surface area contributed by atoms with Crippen LogP contribution in [0.15, 0.2) is 41.6 Å². The van der Waals surface area contributed by atoms with Gasteiger partial charge < -0.3 is 0 Å². The molecule has 0 fully saturated rings. The summed E-state index contributed by atoms with van der Waals surface area (Å²) in [5.74, 6) is 0.571. The molecule has 1 aromatic carbocycles. The number of hydrogen-bond acceptors (Lipinski definition) is 7. The fraction of sp³-hybridized carbons (Fsp3) is 0.0833. The van der Waals surface area contributed by atoms with E-state index in [-0.39, 0.29) is 10.7 Å². The minimum Gasteiger partial charge on any atom is -0.237 e. The number of nitrogens with one attached hydrogen (secondary N) is 1. The molecule has 3 aromatic rings. The lowest BCUT2D eigenvalue weighted by Crippen LogP contribution is -2.03. The summed E-state index contributed by atoms with van der Waals surface area (Å²) in [6.45, 7) is 0. The zero-order chi connectivity index (χ0) is 14.9. The predicted molar refractivity (Wildman–Crippen MR) is 73.7 cm³/mol. The summed E-state index contributed by atoms with van der Waals surface area (Å²) in [5, 5.41) is 13.6. The number of hydrogen-bond donors (Lipinski definition) is 1. The molecule has 0 spiro atoms. The van der Waals surface area contributed by atoms with Gasteiger partial charge in [-0.15, -0.1) is 10.2 Å². The van der Waals surface area contributed by atoms with Crippen LogP contribution in [0.1, 0.15) is 0 Å². The number of H-pyrrole nitrogens is 1. The van der Waals surface area contributed by atoms with Crippen LogP contribution < -0.4 is 0 Å². The number of sulfone groups is 1. The second kappa shape index (κ2) is 5.02. The van der Waals surface area contributed by atoms with Gasteiger partial charge in [-0.1, -0.05) is 12.1 Å². The Morgan fingerprint density at radius 1 is 1.05 bits per heavy atom. The van der Waals surface area contributed by atoms with Crippen LogP contribution in [0.25, 0.3) is 22.8 Å². The van der Waals surface area contributed by atoms with Crippen LogP contribution >= 0.6 is 0 Å². The van der Waals surface area contributed by atoms with Crippen LogP contribution in [0.4, 0.5) is 0 Å². The standard InChI is InChI=1S/C12H10N6O2S/c1-21(19,20)9-5-2-4-8(11-13-6-3-7-14-11)10(9)12-15-17-18-16-12/h2-7H,1H3,(H,15,16,17,18). The lowest BCUT2D eigenvalue weighted by atomic mass is 10.1. The third kappa shape index (κ3) is 2.50. The Bertz CT molecular complexity index is 862. The minimum absolute atomic E-state index is 0.105. The summed E-state index contributed by atoms with van der Waals surface area (Å²) in [5.41, 5.74) is 0.861. The topological polar surface area (TPSA) is 114 Å². The van der Waals surface area contributed by atoms with E-state index in [4.69, 9.17) is 0 Å². The molecule has 0 aliphatic rings. The highest BCUT2D eigenvalue weighted by Gasteiger charge is 2.22. The lowest BCUT2D eigenvalue weighted by molar-refractivity contribution is 0.602. The van der Waals surface area contributed by atoms with Crippen molar-refractivity contribution in [1.82, 2.24) is 30.6 Å². The second-order valence-electron chi connectivity index (χ2n) is 4.26. The number of aromatic amines is 1. The van der Waals surface area contributed by atoms with Crippen LogP contribution in [0.5, 0.6) is 0 Å². The predicted octanol–water partition coefficient (Wildman–Crippen LogP) is 0.727. The third-order valence-corrected chi connectivity index (χ3v) is 3.94. The van der Waals surface area contributed by atoms with Crippen molar-refractivity contribution in [2.24, 2.45) is 0 Å². The normalized spacial score (nSPS) is 11.5. The largest absolute Gasteiger partial charge is 0.237 e. The van der Waals surface area contributed by atoms with Crippen molar-refractivity contribution in [3.05, 3.63) is 36.7 Å². The van der Waals surface area contributed by atoms with E-state index in [0.717, 1.165) is 6.26 Å². The second-order valence-corrected chi connectivity index (χ2v) is 6.24. The summed E-state index contributed by atoms with van der Waals surface area (Å²) < 4.78 is 24.0. The molecule has 9 heteroatoms. The minimum atomic E-state index is -3.47. The summed E-state index contributed by atoms with van der Waals surface area (Å²) in [7, 11) is -3.47. The van der Waals surface area contributed by atoms with Crippen molar-refractivity contribution in [3.63, 3.8) is 0 Å². The van der Waals surface area contributed by atoms with Gasteiger partial charge in [0.25, 0.3) is 0 Å². The van der Waals surface area contributed by atoms with Crippen molar-refractivity contribution in [3.8, 4) is 22.8 Å². The Labute approximate surface area is 120 Å². The van der Waals surface area contributed by atoms with Gasteiger partial charge in [0, 0.05) is 24.2 Å². The molecule has 2 heterocycles. The molecule has 3 rings (SSSR count). The first-order valence-corrected chi connectivity index (χ1v) is 7.81. The van der Waals surface area contributed by atoms with Gasteiger partial charge in [-0.2, -0.15) is 5.21 Å². The molecule has 21 heavy (non-hydrogen) atoms. The molecular formula is C12H10N6O2S. The number of benzene rings is 1. The average Bonchev–Trinajstić information content (AvgIpc) is 3.00. The van der Waals surface area contributed by atoms with Crippen molar-refractivity contribution in [2.75, 3.05) is 6.26 Å². The van der Waals surface area contributed by atoms with Crippen LogP contribution in [0.3, 0.4) is 0 Å². The third-order valence-electron chi connectivity index (χ3n) is 2.80. The molecule has 0 radical (unpaired) electrons. The van der Waals surface area contributed by atoms with Gasteiger partial charge in [-0.25, -0.2) is 18.4 Å². The number of tetrazole rings is 1. The Morgan fingerprint density at radius 2 is 1.81 bits per heavy atom. The summed E-state index contributed by atoms with van der Waals surface area (Å²) in [4.78, 5) is 8.41. The van der Waals surface area contributed by atoms with E-state index in [9.17, 15) is 8.42 Å². The monoisotopic (exact) mass is 302 g/mol. The maximum Gasteiger partial charge on any atom is 0.206 e. The Hall–Kier alpha value is -2.68. The van der Waals surface area contributed by atoms with Gasteiger partial charge in [0.05, 0.1) is 10.5 Å². The zero-order valence-electron chi connectivity index (χ0n) is 10.9. The number of nitrogens with zero attached hydrogens (tertiary/aromatic N) is 5. The summed E-state index contributed by atoms with van der Waals surface area (Å²) in [6.07, 6.45) is 4.28. The first-order valence-electron chi connectivity index (χ1n) is 5.91. The summed E-state index contributed by atoms with van der Waals surface area (Å²) >= 11 is 0. The average molecular weight is 302 g/mol. The van der Waals surface area contributed by atoms with E-state index >= 15 is 0 Å². The lowest BCUT2D eigenvalue weighted by Gasteiger charge is -2.09. The van der Waals surface area contributed by atoms with E-state index in [0.29, 0.717) is 17.0 Å². The molecule has 2 aromatic heterocycles. The molecule has 0 saturated heterocycles. The van der Waals surface area contributed by atoms with Gasteiger partial charge in [0.2, 0.25) is 5.82 Å². The molecule has 0 unspecified atom stereocenters. The van der Waals surface area contributed by atoms with Crippen molar-refractivity contribution < 1.29 is 8.42 Å². The molecule has 0 amide bonds. The molecule has 0 aliphatic carbocycles. The molecule has 1 N–H and O–H groups in total. The molecular weight excluding hydrogens is 292 g/mol. The maximum absolute atomic E-state index is 12.0. The van der Waals surface area contributed by atoms with E-state index < -0.39 is 9.84 Å². The van der Waals surface area contributed by atoms with E-state index in [1.165, 1.54) is 6.07 Å². The molecule has 8 nitrogen and oxygen atoms in total. The van der Waals surface area contributed by atoms with Gasteiger partial charge >= 0.3 is 0 Å². The van der Waals surface area contributed by atoms with Crippen LogP contribution in [-0.2, 0) is 9.84 Å². The molecule has 0 aliphatic heterocycles. The molecule has 106 valence electrons. The highest BCUT2D eigenvalue weighted by molar-refractivity contribution is 7.90.